The van der Waals surface area contributed by atoms with Crippen LogP contribution in [0.15, 0.2) is 53.0 Å². The summed E-state index contributed by atoms with van der Waals surface area (Å²) >= 11 is 5.20. The highest BCUT2D eigenvalue weighted by atomic mass is 79.9. The van der Waals surface area contributed by atoms with E-state index in [9.17, 15) is 5.11 Å². The average Bonchev–Trinajstić information content (AvgIpc) is 2.90. The van der Waals surface area contributed by atoms with Gasteiger partial charge < -0.3 is 5.11 Å². The molecule has 1 N–H and O–H groups in total. The van der Waals surface area contributed by atoms with Gasteiger partial charge >= 0.3 is 0 Å². The monoisotopic (exact) mass is 373 g/mol. The molecule has 112 valence electrons. The van der Waals surface area contributed by atoms with Crippen LogP contribution in [0.1, 0.15) is 16.0 Å². The van der Waals surface area contributed by atoms with Gasteiger partial charge in [-0.25, -0.2) is 0 Å². The smallest absolute Gasteiger partial charge is 0.137 e. The first-order chi connectivity index (χ1) is 10.6. The van der Waals surface area contributed by atoms with Gasteiger partial charge in [0.1, 0.15) is 5.60 Å². The van der Waals surface area contributed by atoms with Crippen LogP contribution in [0.5, 0.6) is 0 Å². The number of rotatable bonds is 1. The first-order valence-corrected chi connectivity index (χ1v) is 8.86. The van der Waals surface area contributed by atoms with Crippen LogP contribution in [0.4, 0.5) is 0 Å². The van der Waals surface area contributed by atoms with Gasteiger partial charge in [0.15, 0.2) is 0 Å². The van der Waals surface area contributed by atoms with Crippen LogP contribution < -0.4 is 0 Å². The minimum atomic E-state index is -0.931. The van der Waals surface area contributed by atoms with Crippen LogP contribution >= 0.6 is 27.3 Å². The molecule has 0 saturated heterocycles. The predicted octanol–water partition coefficient (Wildman–Crippen LogP) is 4.35. The summed E-state index contributed by atoms with van der Waals surface area (Å²) in [6, 6.07) is 16.6. The third-order valence-corrected chi connectivity index (χ3v) is 6.05. The number of halogens is 1. The zero-order chi connectivity index (χ0) is 15.3. The van der Waals surface area contributed by atoms with Crippen LogP contribution in [0.2, 0.25) is 0 Å². The van der Waals surface area contributed by atoms with Crippen molar-refractivity contribution in [3.8, 4) is 0 Å². The quantitative estimate of drug-likeness (QED) is 0.685. The number of hydrogen-bond donors (Lipinski definition) is 1. The van der Waals surface area contributed by atoms with E-state index in [2.05, 4.69) is 58.2 Å². The lowest BCUT2D eigenvalue weighted by molar-refractivity contribution is 0.0314. The second-order valence-electron chi connectivity index (χ2n) is 5.98. The summed E-state index contributed by atoms with van der Waals surface area (Å²) in [6.07, 6.45) is 0. The first-order valence-electron chi connectivity index (χ1n) is 7.25. The van der Waals surface area contributed by atoms with Crippen molar-refractivity contribution >= 4 is 37.4 Å². The van der Waals surface area contributed by atoms with Crippen LogP contribution in [-0.2, 0) is 12.1 Å². The molecule has 1 aliphatic heterocycles. The molecule has 1 aromatic heterocycles. The van der Waals surface area contributed by atoms with E-state index >= 15 is 0 Å². The second-order valence-corrected chi connectivity index (χ2v) is 7.98. The number of hydrogen-bond acceptors (Lipinski definition) is 3. The molecule has 0 spiro atoms. The van der Waals surface area contributed by atoms with E-state index in [-0.39, 0.29) is 0 Å². The molecule has 0 bridgehead atoms. The van der Waals surface area contributed by atoms with Gasteiger partial charge in [-0.3, -0.25) is 4.90 Å². The van der Waals surface area contributed by atoms with Crippen molar-refractivity contribution in [2.75, 3.05) is 13.6 Å². The Hall–Kier alpha value is -1.20. The van der Waals surface area contributed by atoms with Crippen molar-refractivity contribution in [3.05, 3.63) is 69.0 Å². The molecule has 0 radical (unpaired) electrons. The van der Waals surface area contributed by atoms with Gasteiger partial charge in [-0.05, 0) is 47.8 Å². The molecule has 2 aromatic carbocycles. The summed E-state index contributed by atoms with van der Waals surface area (Å²) < 4.78 is 2.27. The lowest BCUT2D eigenvalue weighted by atomic mass is 9.84. The molecule has 1 aliphatic rings. The van der Waals surface area contributed by atoms with Crippen molar-refractivity contribution < 1.29 is 5.11 Å². The van der Waals surface area contributed by atoms with Crippen LogP contribution in [0.3, 0.4) is 0 Å². The summed E-state index contributed by atoms with van der Waals surface area (Å²) in [7, 11) is 2.06. The van der Waals surface area contributed by atoms with Crippen molar-refractivity contribution in [2.24, 2.45) is 0 Å². The number of nitrogens with zero attached hydrogens (tertiary/aromatic N) is 1. The van der Waals surface area contributed by atoms with Gasteiger partial charge in [-0.1, -0.05) is 40.2 Å². The van der Waals surface area contributed by atoms with Gasteiger partial charge in [-0.15, -0.1) is 11.3 Å². The Morgan fingerprint density at radius 3 is 2.86 bits per heavy atom. The molecule has 1 atom stereocenters. The Morgan fingerprint density at radius 1 is 1.18 bits per heavy atom. The molecule has 22 heavy (non-hydrogen) atoms. The molecule has 0 aliphatic carbocycles. The van der Waals surface area contributed by atoms with E-state index in [4.69, 9.17) is 0 Å². The molecular weight excluding hydrogens is 358 g/mol. The summed E-state index contributed by atoms with van der Waals surface area (Å²) in [5.41, 5.74) is 1.32. The standard InChI is InChI=1S/C18H16BrNOS/c1-20-10-12-4-2-3-5-15(12)18(21,11-20)17-9-13-8-14(19)6-7-16(13)22-17/h2-9,21H,10-11H2,1H3. The third kappa shape index (κ3) is 2.22. The largest absolute Gasteiger partial charge is 0.378 e. The molecule has 2 heterocycles. The molecule has 0 saturated carbocycles. The Balaban J connectivity index is 1.92. The molecule has 0 amide bonds. The highest BCUT2D eigenvalue weighted by Gasteiger charge is 2.39. The number of fused-ring (bicyclic) bond motifs is 2. The molecule has 2 nitrogen and oxygen atoms in total. The molecule has 4 rings (SSSR count). The zero-order valence-electron chi connectivity index (χ0n) is 12.2. The van der Waals surface area contributed by atoms with Gasteiger partial charge in [0, 0.05) is 27.1 Å². The van der Waals surface area contributed by atoms with Crippen LogP contribution in [0, 0.1) is 0 Å². The maximum atomic E-state index is 11.5. The Labute approximate surface area is 142 Å². The molecule has 0 fully saturated rings. The van der Waals surface area contributed by atoms with Crippen LogP contribution in [-0.4, -0.2) is 23.6 Å². The van der Waals surface area contributed by atoms with Gasteiger partial charge in [-0.2, -0.15) is 0 Å². The number of β-amino-alcohol motifs (C(OH)–C–C–N with tert-alkyl or cyclic N) is 1. The maximum absolute atomic E-state index is 11.5. The van der Waals surface area contributed by atoms with Crippen LogP contribution in [0.25, 0.3) is 10.1 Å². The fraction of sp³-hybridized carbons (Fsp3) is 0.222. The summed E-state index contributed by atoms with van der Waals surface area (Å²) in [5.74, 6) is 0. The van der Waals surface area contributed by atoms with Gasteiger partial charge in [0.2, 0.25) is 0 Å². The minimum Gasteiger partial charge on any atom is -0.378 e. The van der Waals surface area contributed by atoms with E-state index in [1.807, 2.05) is 18.2 Å². The fourth-order valence-corrected chi connectivity index (χ4v) is 4.83. The normalized spacial score (nSPS) is 22.0. The van der Waals surface area contributed by atoms with Crippen molar-refractivity contribution in [1.29, 1.82) is 0 Å². The zero-order valence-corrected chi connectivity index (χ0v) is 14.6. The maximum Gasteiger partial charge on any atom is 0.137 e. The van der Waals surface area contributed by atoms with E-state index in [1.165, 1.54) is 15.6 Å². The van der Waals surface area contributed by atoms with E-state index < -0.39 is 5.60 Å². The highest BCUT2D eigenvalue weighted by Crippen LogP contribution is 2.42. The molecule has 3 aromatic rings. The Bertz CT molecular complexity index is 859. The second kappa shape index (κ2) is 5.17. The summed E-state index contributed by atoms with van der Waals surface area (Å²) in [6.45, 7) is 1.51. The molecule has 4 heteroatoms. The number of thiophene rings is 1. The van der Waals surface area contributed by atoms with E-state index in [0.29, 0.717) is 6.54 Å². The number of aliphatic hydroxyl groups is 1. The summed E-state index contributed by atoms with van der Waals surface area (Å²) in [5, 5.41) is 12.7. The SMILES string of the molecule is CN1Cc2ccccc2C(O)(c2cc3cc(Br)ccc3s2)C1. The third-order valence-electron chi connectivity index (χ3n) is 4.29. The lowest BCUT2D eigenvalue weighted by Gasteiger charge is -2.38. The predicted molar refractivity (Wildman–Crippen MR) is 95.3 cm³/mol. The fourth-order valence-electron chi connectivity index (χ4n) is 3.31. The highest BCUT2D eigenvalue weighted by molar-refractivity contribution is 9.10. The average molecular weight is 374 g/mol. The minimum absolute atomic E-state index is 0.623. The van der Waals surface area contributed by atoms with E-state index in [1.54, 1.807) is 11.3 Å². The Morgan fingerprint density at radius 2 is 2.00 bits per heavy atom. The number of benzene rings is 2. The Kier molecular flexibility index (Phi) is 3.38. The van der Waals surface area contributed by atoms with Gasteiger partial charge in [0.25, 0.3) is 0 Å². The van der Waals surface area contributed by atoms with Crippen molar-refractivity contribution in [1.82, 2.24) is 4.90 Å². The summed E-state index contributed by atoms with van der Waals surface area (Å²) in [4.78, 5) is 3.20. The van der Waals surface area contributed by atoms with Gasteiger partial charge in [0.05, 0.1) is 0 Å². The lowest BCUT2D eigenvalue weighted by Crippen LogP contribution is -2.44. The van der Waals surface area contributed by atoms with Crippen molar-refractivity contribution in [2.45, 2.75) is 12.1 Å². The molecule has 1 unspecified atom stereocenters. The molecular formula is C18H16BrNOS. The number of likely N-dealkylation sites (N-methyl/N-ethyl adjacent to an activating group) is 1. The van der Waals surface area contributed by atoms with Crippen molar-refractivity contribution in [3.63, 3.8) is 0 Å². The first kappa shape index (κ1) is 14.4. The topological polar surface area (TPSA) is 23.5 Å². The van der Waals surface area contributed by atoms with E-state index in [0.717, 1.165) is 21.5 Å².